The quantitative estimate of drug-likeness (QED) is 0.541. The van der Waals surface area contributed by atoms with Crippen LogP contribution in [0.2, 0.25) is 0 Å². The molecule has 142 valence electrons. The standard InChI is InChI=1S/C15H8BrF4N3O4/c16-8-3-12(25-7-15(17,18)19)13(21-6-8)26-10-1-2-23-9(4-10)5-11(22-23)14(24)27-20/h1-6H,7H2. The molecular weight excluding hydrogens is 442 g/mol. The molecule has 0 atom stereocenters. The molecule has 3 rings (SSSR count). The van der Waals surface area contributed by atoms with Gasteiger partial charge in [0.25, 0.3) is 5.88 Å². The number of carbonyl (C=O) groups is 1. The second kappa shape index (κ2) is 7.39. The first-order chi connectivity index (χ1) is 12.7. The maximum Gasteiger partial charge on any atom is 0.422 e. The summed E-state index contributed by atoms with van der Waals surface area (Å²) in [4.78, 5) is 18.2. The summed E-state index contributed by atoms with van der Waals surface area (Å²) in [7, 11) is 0. The molecule has 0 bridgehead atoms. The van der Waals surface area contributed by atoms with Gasteiger partial charge in [-0.15, -0.1) is 0 Å². The van der Waals surface area contributed by atoms with Crippen molar-refractivity contribution in [2.24, 2.45) is 0 Å². The number of fused-ring (bicyclic) bond motifs is 1. The topological polar surface area (TPSA) is 75.0 Å². The molecule has 0 fully saturated rings. The van der Waals surface area contributed by atoms with Gasteiger partial charge < -0.3 is 9.47 Å². The van der Waals surface area contributed by atoms with Crippen LogP contribution < -0.4 is 9.47 Å². The van der Waals surface area contributed by atoms with Gasteiger partial charge in [0.1, 0.15) is 5.75 Å². The third-order valence-corrected chi connectivity index (χ3v) is 3.54. The van der Waals surface area contributed by atoms with Gasteiger partial charge in [0.2, 0.25) is 0 Å². The molecule has 0 aromatic carbocycles. The fraction of sp³-hybridized carbons (Fsp3) is 0.133. The summed E-state index contributed by atoms with van der Waals surface area (Å²) in [5.74, 6) is -1.51. The van der Waals surface area contributed by atoms with E-state index in [1.165, 1.54) is 41.2 Å². The minimum Gasteiger partial charge on any atom is -0.478 e. The second-order valence-corrected chi connectivity index (χ2v) is 6.00. The zero-order valence-corrected chi connectivity index (χ0v) is 14.6. The number of ether oxygens (including phenoxy) is 2. The van der Waals surface area contributed by atoms with E-state index in [2.05, 4.69) is 31.0 Å². The molecule has 27 heavy (non-hydrogen) atoms. The highest BCUT2D eigenvalue weighted by atomic mass is 79.9. The lowest BCUT2D eigenvalue weighted by atomic mass is 10.3. The minimum absolute atomic E-state index is 0.175. The van der Waals surface area contributed by atoms with Crippen molar-refractivity contribution in [3.8, 4) is 17.4 Å². The van der Waals surface area contributed by atoms with Gasteiger partial charge in [-0.3, -0.25) is 0 Å². The Labute approximate surface area is 156 Å². The molecule has 0 unspecified atom stereocenters. The minimum atomic E-state index is -4.53. The van der Waals surface area contributed by atoms with Crippen molar-refractivity contribution in [2.75, 3.05) is 6.61 Å². The molecule has 0 saturated heterocycles. The number of aromatic nitrogens is 3. The summed E-state index contributed by atoms with van der Waals surface area (Å²) in [6, 6.07) is 5.35. The molecule has 3 aromatic rings. The fourth-order valence-corrected chi connectivity index (χ4v) is 2.35. The SMILES string of the molecule is O=C(OF)c1cc2cc(Oc3ncc(Br)cc3OCC(F)(F)F)ccn2n1. The van der Waals surface area contributed by atoms with Crippen LogP contribution in [0.4, 0.5) is 17.7 Å². The van der Waals surface area contributed by atoms with E-state index in [-0.39, 0.29) is 23.1 Å². The van der Waals surface area contributed by atoms with E-state index in [1.54, 1.807) is 0 Å². The lowest BCUT2D eigenvalue weighted by Crippen LogP contribution is -2.19. The Kier molecular flexibility index (Phi) is 5.17. The summed E-state index contributed by atoms with van der Waals surface area (Å²) in [6.45, 7) is -1.52. The zero-order valence-electron chi connectivity index (χ0n) is 13.0. The largest absolute Gasteiger partial charge is 0.478 e. The van der Waals surface area contributed by atoms with Crippen LogP contribution in [0.3, 0.4) is 0 Å². The molecule has 0 aliphatic heterocycles. The van der Waals surface area contributed by atoms with E-state index in [4.69, 9.17) is 9.47 Å². The average molecular weight is 450 g/mol. The Morgan fingerprint density at radius 1 is 1.26 bits per heavy atom. The Morgan fingerprint density at radius 3 is 2.74 bits per heavy atom. The maximum absolute atomic E-state index is 12.4. The smallest absolute Gasteiger partial charge is 0.422 e. The Hall–Kier alpha value is -2.89. The molecule has 3 aromatic heterocycles. The highest BCUT2D eigenvalue weighted by molar-refractivity contribution is 9.10. The van der Waals surface area contributed by atoms with Crippen LogP contribution in [0.5, 0.6) is 17.4 Å². The first-order valence-electron chi connectivity index (χ1n) is 7.10. The number of hydrogen-bond acceptors (Lipinski definition) is 6. The fourth-order valence-electron chi connectivity index (χ4n) is 2.04. The maximum atomic E-state index is 12.4. The zero-order chi connectivity index (χ0) is 19.6. The number of carbonyl (C=O) groups excluding carboxylic acids is 1. The molecule has 0 aliphatic carbocycles. The van der Waals surface area contributed by atoms with Gasteiger partial charge in [-0.25, -0.2) is 19.2 Å². The predicted octanol–water partition coefficient (Wildman–Crippen LogP) is 4.27. The summed E-state index contributed by atoms with van der Waals surface area (Å²) in [5, 5.41) is 3.79. The summed E-state index contributed by atoms with van der Waals surface area (Å²) < 4.78 is 61.0. The predicted molar refractivity (Wildman–Crippen MR) is 85.3 cm³/mol. The Morgan fingerprint density at radius 2 is 2.04 bits per heavy atom. The van der Waals surface area contributed by atoms with Crippen LogP contribution in [0.15, 0.2) is 41.1 Å². The lowest BCUT2D eigenvalue weighted by Gasteiger charge is -2.13. The van der Waals surface area contributed by atoms with Crippen molar-refractivity contribution in [1.82, 2.24) is 14.6 Å². The Balaban J connectivity index is 1.87. The van der Waals surface area contributed by atoms with Crippen molar-refractivity contribution >= 4 is 27.4 Å². The van der Waals surface area contributed by atoms with Crippen LogP contribution in [-0.4, -0.2) is 33.4 Å². The van der Waals surface area contributed by atoms with E-state index in [0.717, 1.165) is 0 Å². The third kappa shape index (κ3) is 4.64. The van der Waals surface area contributed by atoms with Crippen LogP contribution >= 0.6 is 15.9 Å². The molecule has 0 spiro atoms. The molecule has 7 nitrogen and oxygen atoms in total. The normalized spacial score (nSPS) is 11.4. The number of alkyl halides is 3. The highest BCUT2D eigenvalue weighted by Crippen LogP contribution is 2.33. The molecule has 0 N–H and O–H groups in total. The van der Waals surface area contributed by atoms with E-state index >= 15 is 0 Å². The molecule has 0 aliphatic rings. The third-order valence-electron chi connectivity index (χ3n) is 3.10. The van der Waals surface area contributed by atoms with Gasteiger partial charge in [-0.05, 0) is 28.1 Å². The highest BCUT2D eigenvalue weighted by Gasteiger charge is 2.29. The summed E-state index contributed by atoms with van der Waals surface area (Å²) in [5.41, 5.74) is 0.0772. The van der Waals surface area contributed by atoms with Crippen molar-refractivity contribution in [2.45, 2.75) is 6.18 Å². The summed E-state index contributed by atoms with van der Waals surface area (Å²) in [6.07, 6.45) is -1.81. The first kappa shape index (κ1) is 18.9. The lowest BCUT2D eigenvalue weighted by molar-refractivity contribution is -0.153. The number of hydrogen-bond donors (Lipinski definition) is 0. The Bertz CT molecular complexity index is 993. The van der Waals surface area contributed by atoms with Gasteiger partial charge in [0.05, 0.1) is 5.52 Å². The van der Waals surface area contributed by atoms with Crippen molar-refractivity contribution in [3.63, 3.8) is 0 Å². The first-order valence-corrected chi connectivity index (χ1v) is 7.90. The average Bonchev–Trinajstić information content (AvgIpc) is 3.04. The summed E-state index contributed by atoms with van der Waals surface area (Å²) >= 11 is 3.09. The second-order valence-electron chi connectivity index (χ2n) is 5.09. The monoisotopic (exact) mass is 449 g/mol. The molecule has 3 heterocycles. The number of pyridine rings is 2. The molecule has 12 heteroatoms. The van der Waals surface area contributed by atoms with Gasteiger partial charge in [-0.1, -0.05) is 0 Å². The van der Waals surface area contributed by atoms with Crippen LogP contribution in [0.1, 0.15) is 10.5 Å². The molecule has 0 saturated carbocycles. The number of halogens is 5. The van der Waals surface area contributed by atoms with E-state index in [0.29, 0.717) is 9.99 Å². The van der Waals surface area contributed by atoms with Crippen LogP contribution in [0, 0.1) is 0 Å². The van der Waals surface area contributed by atoms with E-state index in [1.807, 2.05) is 0 Å². The van der Waals surface area contributed by atoms with Gasteiger partial charge >= 0.3 is 12.1 Å². The number of rotatable bonds is 5. The van der Waals surface area contributed by atoms with Crippen molar-refractivity contribution in [1.29, 1.82) is 0 Å². The van der Waals surface area contributed by atoms with Gasteiger partial charge in [0.15, 0.2) is 18.1 Å². The molecule has 0 radical (unpaired) electrons. The van der Waals surface area contributed by atoms with Crippen LogP contribution in [0.25, 0.3) is 5.52 Å². The van der Waals surface area contributed by atoms with E-state index in [9.17, 15) is 22.5 Å². The van der Waals surface area contributed by atoms with Crippen molar-refractivity contribution < 1.29 is 36.9 Å². The van der Waals surface area contributed by atoms with Gasteiger partial charge in [0, 0.05) is 33.5 Å². The van der Waals surface area contributed by atoms with E-state index < -0.39 is 18.8 Å². The van der Waals surface area contributed by atoms with Crippen molar-refractivity contribution in [3.05, 3.63) is 46.8 Å². The molecule has 0 amide bonds. The number of nitrogens with zero attached hydrogens (tertiary/aromatic N) is 3. The van der Waals surface area contributed by atoms with Crippen LogP contribution in [-0.2, 0) is 4.94 Å². The van der Waals surface area contributed by atoms with Gasteiger partial charge in [-0.2, -0.15) is 18.3 Å². The molecular formula is C15H8BrF4N3O4.